The summed E-state index contributed by atoms with van der Waals surface area (Å²) >= 11 is 0. The lowest BCUT2D eigenvalue weighted by Gasteiger charge is -2.15. The van der Waals surface area contributed by atoms with Gasteiger partial charge in [0.2, 0.25) is 0 Å². The van der Waals surface area contributed by atoms with Gasteiger partial charge in [0.25, 0.3) is 5.91 Å². The molecule has 0 bridgehead atoms. The summed E-state index contributed by atoms with van der Waals surface area (Å²) in [4.78, 5) is 18.9. The smallest absolute Gasteiger partial charge is 0.274 e. The molecule has 0 aliphatic carbocycles. The first-order chi connectivity index (χ1) is 13.9. The van der Waals surface area contributed by atoms with Crippen LogP contribution >= 0.6 is 0 Å². The monoisotopic (exact) mass is 390 g/mol. The standard InChI is InChI=1S/C23H26N4O2/c1-16(2)29-22-8-6-5-7-20(22)26-23(28)21-14-11-18(15-24-21)25-17-9-12-19(13-10-17)27(3)4/h5-16,25H,1-4H3,(H,26,28). The predicted octanol–water partition coefficient (Wildman–Crippen LogP) is 4.93. The Kier molecular flexibility index (Phi) is 6.34. The molecule has 0 radical (unpaired) electrons. The van der Waals surface area contributed by atoms with Gasteiger partial charge in [-0.3, -0.25) is 4.79 Å². The van der Waals surface area contributed by atoms with Crippen molar-refractivity contribution in [2.45, 2.75) is 20.0 Å². The molecule has 1 aromatic heterocycles. The molecule has 0 fully saturated rings. The molecule has 3 aromatic rings. The zero-order valence-electron chi connectivity index (χ0n) is 17.1. The number of amides is 1. The molecule has 6 nitrogen and oxygen atoms in total. The molecule has 0 unspecified atom stereocenters. The molecular weight excluding hydrogens is 364 g/mol. The van der Waals surface area contributed by atoms with E-state index < -0.39 is 0 Å². The molecule has 0 saturated heterocycles. The van der Waals surface area contributed by atoms with Crippen LogP contribution < -0.4 is 20.3 Å². The second-order valence-electron chi connectivity index (χ2n) is 7.12. The van der Waals surface area contributed by atoms with Crippen LogP contribution in [0.1, 0.15) is 24.3 Å². The Hall–Kier alpha value is -3.54. The number of nitrogens with zero attached hydrogens (tertiary/aromatic N) is 2. The van der Waals surface area contributed by atoms with Crippen molar-refractivity contribution in [3.8, 4) is 5.75 Å². The number of hydrogen-bond donors (Lipinski definition) is 2. The maximum Gasteiger partial charge on any atom is 0.274 e. The highest BCUT2D eigenvalue weighted by atomic mass is 16.5. The lowest BCUT2D eigenvalue weighted by molar-refractivity contribution is 0.102. The van der Waals surface area contributed by atoms with E-state index in [1.807, 2.05) is 87.4 Å². The SMILES string of the molecule is CC(C)Oc1ccccc1NC(=O)c1ccc(Nc2ccc(N(C)C)cc2)cn1. The van der Waals surface area contributed by atoms with E-state index in [-0.39, 0.29) is 12.0 Å². The van der Waals surface area contributed by atoms with E-state index in [0.717, 1.165) is 17.1 Å². The zero-order valence-corrected chi connectivity index (χ0v) is 17.1. The molecule has 6 heteroatoms. The van der Waals surface area contributed by atoms with Gasteiger partial charge < -0.3 is 20.3 Å². The van der Waals surface area contributed by atoms with Crippen molar-refractivity contribution in [1.82, 2.24) is 4.98 Å². The van der Waals surface area contributed by atoms with Gasteiger partial charge in [-0.25, -0.2) is 4.98 Å². The van der Waals surface area contributed by atoms with Crippen LogP contribution in [0, 0.1) is 0 Å². The molecule has 2 N–H and O–H groups in total. The Bertz CT molecular complexity index is 951. The number of carbonyl (C=O) groups excluding carboxylic acids is 1. The summed E-state index contributed by atoms with van der Waals surface area (Å²) in [6, 6.07) is 19.0. The number of para-hydroxylation sites is 2. The molecule has 3 rings (SSSR count). The quantitative estimate of drug-likeness (QED) is 0.599. The summed E-state index contributed by atoms with van der Waals surface area (Å²) in [5.74, 6) is 0.349. The van der Waals surface area contributed by atoms with Crippen molar-refractivity contribution in [2.24, 2.45) is 0 Å². The second kappa shape index (κ2) is 9.10. The van der Waals surface area contributed by atoms with Crippen molar-refractivity contribution < 1.29 is 9.53 Å². The molecule has 0 saturated carbocycles. The Morgan fingerprint density at radius 2 is 1.66 bits per heavy atom. The molecule has 0 aliphatic rings. The lowest BCUT2D eigenvalue weighted by atomic mass is 10.2. The van der Waals surface area contributed by atoms with Crippen molar-refractivity contribution in [1.29, 1.82) is 0 Å². The van der Waals surface area contributed by atoms with Crippen molar-refractivity contribution >= 4 is 28.7 Å². The normalized spacial score (nSPS) is 10.5. The molecule has 1 amide bonds. The lowest BCUT2D eigenvalue weighted by Crippen LogP contribution is -2.15. The number of ether oxygens (including phenoxy) is 1. The average Bonchev–Trinajstić information content (AvgIpc) is 2.70. The van der Waals surface area contributed by atoms with Gasteiger partial charge in [0.15, 0.2) is 0 Å². The van der Waals surface area contributed by atoms with Gasteiger partial charge in [-0.05, 0) is 62.4 Å². The maximum absolute atomic E-state index is 12.6. The summed E-state index contributed by atoms with van der Waals surface area (Å²) in [5.41, 5.74) is 3.84. The number of carbonyl (C=O) groups is 1. The summed E-state index contributed by atoms with van der Waals surface area (Å²) < 4.78 is 5.74. The molecule has 1 heterocycles. The Balaban J connectivity index is 1.66. The summed E-state index contributed by atoms with van der Waals surface area (Å²) in [5, 5.41) is 6.15. The number of rotatable bonds is 7. The number of anilines is 4. The van der Waals surface area contributed by atoms with E-state index in [1.54, 1.807) is 12.3 Å². The molecule has 0 aliphatic heterocycles. The number of hydrogen-bond acceptors (Lipinski definition) is 5. The van der Waals surface area contributed by atoms with E-state index in [2.05, 4.69) is 15.6 Å². The highest BCUT2D eigenvalue weighted by Crippen LogP contribution is 2.25. The highest BCUT2D eigenvalue weighted by molar-refractivity contribution is 6.03. The van der Waals surface area contributed by atoms with Crippen LogP contribution in [0.4, 0.5) is 22.7 Å². The van der Waals surface area contributed by atoms with E-state index in [4.69, 9.17) is 4.74 Å². The molecule has 150 valence electrons. The Morgan fingerprint density at radius 3 is 2.28 bits per heavy atom. The third-order valence-electron chi connectivity index (χ3n) is 4.17. The molecule has 0 atom stereocenters. The minimum atomic E-state index is -0.285. The fraction of sp³-hybridized carbons (Fsp3) is 0.217. The minimum absolute atomic E-state index is 0.0170. The van der Waals surface area contributed by atoms with Gasteiger partial charge in [-0.15, -0.1) is 0 Å². The number of pyridine rings is 1. The van der Waals surface area contributed by atoms with Gasteiger partial charge in [0.1, 0.15) is 11.4 Å². The van der Waals surface area contributed by atoms with Crippen molar-refractivity contribution in [3.63, 3.8) is 0 Å². The van der Waals surface area contributed by atoms with Crippen LogP contribution in [0.15, 0.2) is 66.9 Å². The van der Waals surface area contributed by atoms with Gasteiger partial charge in [-0.2, -0.15) is 0 Å². The van der Waals surface area contributed by atoms with Crippen LogP contribution in [0.2, 0.25) is 0 Å². The highest BCUT2D eigenvalue weighted by Gasteiger charge is 2.12. The van der Waals surface area contributed by atoms with Crippen LogP contribution in [0.3, 0.4) is 0 Å². The third-order valence-corrected chi connectivity index (χ3v) is 4.17. The van der Waals surface area contributed by atoms with Crippen LogP contribution in [0.25, 0.3) is 0 Å². The van der Waals surface area contributed by atoms with Gasteiger partial charge >= 0.3 is 0 Å². The second-order valence-corrected chi connectivity index (χ2v) is 7.12. The Morgan fingerprint density at radius 1 is 0.966 bits per heavy atom. The summed E-state index contributed by atoms with van der Waals surface area (Å²) in [6.07, 6.45) is 1.66. The summed E-state index contributed by atoms with van der Waals surface area (Å²) in [6.45, 7) is 3.89. The first-order valence-electron chi connectivity index (χ1n) is 9.50. The van der Waals surface area contributed by atoms with Crippen LogP contribution in [-0.2, 0) is 0 Å². The first kappa shape index (κ1) is 20.2. The van der Waals surface area contributed by atoms with Gasteiger partial charge in [0, 0.05) is 25.5 Å². The minimum Gasteiger partial charge on any atom is -0.489 e. The molecule has 29 heavy (non-hydrogen) atoms. The van der Waals surface area contributed by atoms with E-state index in [1.165, 1.54) is 0 Å². The number of benzene rings is 2. The topological polar surface area (TPSA) is 66.5 Å². The van der Waals surface area contributed by atoms with E-state index in [9.17, 15) is 4.79 Å². The average molecular weight is 390 g/mol. The van der Waals surface area contributed by atoms with Crippen LogP contribution in [0.5, 0.6) is 5.75 Å². The van der Waals surface area contributed by atoms with Gasteiger partial charge in [0.05, 0.1) is 23.7 Å². The fourth-order valence-electron chi connectivity index (χ4n) is 2.72. The molecule has 0 spiro atoms. The third kappa shape index (κ3) is 5.48. The largest absolute Gasteiger partial charge is 0.489 e. The zero-order chi connectivity index (χ0) is 20.8. The van der Waals surface area contributed by atoms with Gasteiger partial charge in [-0.1, -0.05) is 12.1 Å². The fourth-order valence-corrected chi connectivity index (χ4v) is 2.72. The van der Waals surface area contributed by atoms with E-state index >= 15 is 0 Å². The summed E-state index contributed by atoms with van der Waals surface area (Å²) in [7, 11) is 4.01. The number of aromatic nitrogens is 1. The first-order valence-corrected chi connectivity index (χ1v) is 9.50. The van der Waals surface area contributed by atoms with E-state index in [0.29, 0.717) is 17.1 Å². The number of nitrogens with one attached hydrogen (secondary N) is 2. The van der Waals surface area contributed by atoms with Crippen molar-refractivity contribution in [3.05, 3.63) is 72.6 Å². The Labute approximate surface area is 171 Å². The maximum atomic E-state index is 12.6. The molecular formula is C23H26N4O2. The van der Waals surface area contributed by atoms with Crippen LogP contribution in [-0.4, -0.2) is 31.1 Å². The van der Waals surface area contributed by atoms with Crippen molar-refractivity contribution in [2.75, 3.05) is 29.6 Å². The predicted molar refractivity (Wildman–Crippen MR) is 118 cm³/mol. The molecule has 2 aromatic carbocycles.